The van der Waals surface area contributed by atoms with Gasteiger partial charge in [-0.2, -0.15) is 5.26 Å². The number of ether oxygens (including phenoxy) is 1. The van der Waals surface area contributed by atoms with Crippen LogP contribution in [0.5, 0.6) is 0 Å². The number of anilines is 1. The van der Waals surface area contributed by atoms with E-state index in [2.05, 4.69) is 5.32 Å². The molecule has 0 unspecified atom stereocenters. The first kappa shape index (κ1) is 18.8. The summed E-state index contributed by atoms with van der Waals surface area (Å²) in [5.74, 6) is -1.35. The average molecular weight is 372 g/mol. The number of rotatable bonds is 6. The third kappa shape index (κ3) is 4.40. The van der Waals surface area contributed by atoms with Gasteiger partial charge in [0.25, 0.3) is 0 Å². The van der Waals surface area contributed by atoms with Gasteiger partial charge in [-0.05, 0) is 35.0 Å². The van der Waals surface area contributed by atoms with Gasteiger partial charge in [0, 0.05) is 11.3 Å². The van der Waals surface area contributed by atoms with Crippen molar-refractivity contribution in [3.63, 3.8) is 0 Å². The monoisotopic (exact) mass is 372 g/mol. The molecule has 0 aromatic heterocycles. The van der Waals surface area contributed by atoms with E-state index in [0.717, 1.165) is 10.8 Å². The maximum atomic E-state index is 12.5. The molecule has 1 amide bonds. The third-order valence-electron chi connectivity index (χ3n) is 4.07. The van der Waals surface area contributed by atoms with Crippen LogP contribution in [0, 0.1) is 11.3 Å². The number of Topliss-reactive ketones (excluding diaryl/α,β-unsaturated/α-hetero) is 1. The summed E-state index contributed by atoms with van der Waals surface area (Å²) >= 11 is 0. The first-order valence-electron chi connectivity index (χ1n) is 8.53. The minimum atomic E-state index is -0.636. The standard InChI is InChI=1S/C22H16N2O4/c23-13-12-21(26)24-17-10-8-16(9-11-17)22(27)28-14-20(25)19-7-3-5-15-4-1-2-6-18(15)19/h1-11H,12,14H2,(H,24,26). The van der Waals surface area contributed by atoms with Crippen molar-refractivity contribution in [1.29, 1.82) is 5.26 Å². The lowest BCUT2D eigenvalue weighted by Gasteiger charge is -2.08. The topological polar surface area (TPSA) is 96.3 Å². The molecule has 3 rings (SSSR count). The van der Waals surface area contributed by atoms with Crippen molar-refractivity contribution in [2.75, 3.05) is 11.9 Å². The summed E-state index contributed by atoms with van der Waals surface area (Å²) in [6.45, 7) is -0.368. The number of esters is 1. The minimum Gasteiger partial charge on any atom is -0.454 e. The number of hydrogen-bond donors (Lipinski definition) is 1. The number of nitrogens with one attached hydrogen (secondary N) is 1. The average Bonchev–Trinajstić information content (AvgIpc) is 2.72. The predicted molar refractivity (Wildman–Crippen MR) is 104 cm³/mol. The molecule has 138 valence electrons. The van der Waals surface area contributed by atoms with E-state index in [1.807, 2.05) is 30.3 Å². The molecule has 3 aromatic carbocycles. The summed E-state index contributed by atoms with van der Waals surface area (Å²) in [7, 11) is 0. The Balaban J connectivity index is 1.63. The fourth-order valence-corrected chi connectivity index (χ4v) is 2.73. The lowest BCUT2D eigenvalue weighted by Crippen LogP contribution is -2.15. The summed E-state index contributed by atoms with van der Waals surface area (Å²) in [5.41, 5.74) is 1.22. The minimum absolute atomic E-state index is 0.250. The normalized spacial score (nSPS) is 10.1. The zero-order valence-electron chi connectivity index (χ0n) is 14.8. The number of ketones is 1. The zero-order valence-corrected chi connectivity index (χ0v) is 14.8. The van der Waals surface area contributed by atoms with E-state index in [0.29, 0.717) is 11.3 Å². The molecule has 6 nitrogen and oxygen atoms in total. The van der Waals surface area contributed by atoms with Gasteiger partial charge in [0.15, 0.2) is 6.61 Å². The lowest BCUT2D eigenvalue weighted by atomic mass is 10.0. The second-order valence-corrected chi connectivity index (χ2v) is 5.99. The van der Waals surface area contributed by atoms with E-state index in [1.54, 1.807) is 18.2 Å². The molecule has 3 aromatic rings. The van der Waals surface area contributed by atoms with Crippen LogP contribution < -0.4 is 5.32 Å². The quantitative estimate of drug-likeness (QED) is 0.525. The van der Waals surface area contributed by atoms with Gasteiger partial charge < -0.3 is 10.1 Å². The molecule has 0 aliphatic rings. The Hall–Kier alpha value is -3.98. The smallest absolute Gasteiger partial charge is 0.338 e. The fourth-order valence-electron chi connectivity index (χ4n) is 2.73. The van der Waals surface area contributed by atoms with Gasteiger partial charge in [-0.15, -0.1) is 0 Å². The molecular formula is C22H16N2O4. The van der Waals surface area contributed by atoms with Crippen LogP contribution in [-0.4, -0.2) is 24.3 Å². The van der Waals surface area contributed by atoms with Crippen molar-refractivity contribution in [2.45, 2.75) is 6.42 Å². The van der Waals surface area contributed by atoms with Gasteiger partial charge in [-0.25, -0.2) is 4.79 Å². The lowest BCUT2D eigenvalue weighted by molar-refractivity contribution is -0.115. The van der Waals surface area contributed by atoms with E-state index >= 15 is 0 Å². The highest BCUT2D eigenvalue weighted by molar-refractivity contribution is 6.09. The van der Waals surface area contributed by atoms with Crippen molar-refractivity contribution >= 4 is 34.1 Å². The van der Waals surface area contributed by atoms with Crippen LogP contribution in [0.15, 0.2) is 66.7 Å². The number of amides is 1. The van der Waals surface area contributed by atoms with Crippen LogP contribution >= 0.6 is 0 Å². The molecule has 0 aliphatic heterocycles. The zero-order chi connectivity index (χ0) is 19.9. The number of nitriles is 1. The Labute approximate surface area is 161 Å². The molecule has 28 heavy (non-hydrogen) atoms. The van der Waals surface area contributed by atoms with Crippen LogP contribution in [0.4, 0.5) is 5.69 Å². The van der Waals surface area contributed by atoms with Crippen molar-refractivity contribution < 1.29 is 19.1 Å². The van der Waals surface area contributed by atoms with Crippen molar-refractivity contribution in [3.8, 4) is 6.07 Å². The number of carbonyl (C=O) groups excluding carboxylic acids is 3. The maximum absolute atomic E-state index is 12.5. The highest BCUT2D eigenvalue weighted by Gasteiger charge is 2.14. The Kier molecular flexibility index (Phi) is 5.78. The van der Waals surface area contributed by atoms with Crippen LogP contribution in [-0.2, 0) is 9.53 Å². The van der Waals surface area contributed by atoms with Gasteiger partial charge >= 0.3 is 5.97 Å². The Morgan fingerprint density at radius 3 is 2.39 bits per heavy atom. The number of carbonyl (C=O) groups is 3. The van der Waals surface area contributed by atoms with E-state index in [9.17, 15) is 14.4 Å². The SMILES string of the molecule is N#CCC(=O)Nc1ccc(C(=O)OCC(=O)c2cccc3ccccc23)cc1. The van der Waals surface area contributed by atoms with E-state index in [-0.39, 0.29) is 24.4 Å². The van der Waals surface area contributed by atoms with Gasteiger partial charge in [0.1, 0.15) is 6.42 Å². The molecule has 0 atom stereocenters. The van der Waals surface area contributed by atoms with Crippen LogP contribution in [0.3, 0.4) is 0 Å². The maximum Gasteiger partial charge on any atom is 0.338 e. The van der Waals surface area contributed by atoms with Crippen LogP contribution in [0.1, 0.15) is 27.1 Å². The highest BCUT2D eigenvalue weighted by atomic mass is 16.5. The number of nitrogens with zero attached hydrogens (tertiary/aromatic N) is 1. The van der Waals surface area contributed by atoms with Gasteiger partial charge in [-0.1, -0.05) is 42.5 Å². The molecule has 0 heterocycles. The van der Waals surface area contributed by atoms with Gasteiger partial charge in [0.05, 0.1) is 11.6 Å². The Morgan fingerprint density at radius 2 is 1.64 bits per heavy atom. The molecule has 0 saturated carbocycles. The number of fused-ring (bicyclic) bond motifs is 1. The van der Waals surface area contributed by atoms with Crippen LogP contribution in [0.2, 0.25) is 0 Å². The van der Waals surface area contributed by atoms with Gasteiger partial charge in [0.2, 0.25) is 11.7 Å². The molecule has 0 saturated heterocycles. The van der Waals surface area contributed by atoms with Crippen molar-refractivity contribution in [1.82, 2.24) is 0 Å². The van der Waals surface area contributed by atoms with E-state index < -0.39 is 11.9 Å². The van der Waals surface area contributed by atoms with Gasteiger partial charge in [-0.3, -0.25) is 9.59 Å². The molecule has 0 radical (unpaired) electrons. The summed E-state index contributed by atoms with van der Waals surface area (Å²) in [5, 5.41) is 12.8. The number of benzene rings is 3. The summed E-state index contributed by atoms with van der Waals surface area (Å²) in [4.78, 5) is 36.0. The fraction of sp³-hybridized carbons (Fsp3) is 0.0909. The summed E-state index contributed by atoms with van der Waals surface area (Å²) in [6, 6.07) is 20.7. The van der Waals surface area contributed by atoms with E-state index in [1.165, 1.54) is 24.3 Å². The summed E-state index contributed by atoms with van der Waals surface area (Å²) in [6.07, 6.45) is -0.250. The molecule has 0 aliphatic carbocycles. The second-order valence-electron chi connectivity index (χ2n) is 5.99. The Morgan fingerprint density at radius 1 is 0.929 bits per heavy atom. The molecule has 0 fully saturated rings. The highest BCUT2D eigenvalue weighted by Crippen LogP contribution is 2.19. The van der Waals surface area contributed by atoms with Crippen molar-refractivity contribution in [3.05, 3.63) is 77.9 Å². The third-order valence-corrected chi connectivity index (χ3v) is 4.07. The number of hydrogen-bond acceptors (Lipinski definition) is 5. The molecule has 1 N–H and O–H groups in total. The van der Waals surface area contributed by atoms with Crippen LogP contribution in [0.25, 0.3) is 10.8 Å². The van der Waals surface area contributed by atoms with Crippen molar-refractivity contribution in [2.24, 2.45) is 0 Å². The molecular weight excluding hydrogens is 356 g/mol. The molecule has 0 spiro atoms. The first-order valence-corrected chi connectivity index (χ1v) is 8.53. The predicted octanol–water partition coefficient (Wildman–Crippen LogP) is 3.73. The summed E-state index contributed by atoms with van der Waals surface area (Å²) < 4.78 is 5.13. The first-order chi connectivity index (χ1) is 13.6. The second kappa shape index (κ2) is 8.60. The molecule has 6 heteroatoms. The largest absolute Gasteiger partial charge is 0.454 e. The molecule has 0 bridgehead atoms. The van der Waals surface area contributed by atoms with E-state index in [4.69, 9.17) is 10.00 Å². The Bertz CT molecular complexity index is 1080.